The molecule has 2 aromatic rings. The number of aliphatic imine (C=N–C) groups is 2. The van der Waals surface area contributed by atoms with Crippen LogP contribution in [0.4, 0.5) is 0 Å². The molecule has 0 saturated carbocycles. The van der Waals surface area contributed by atoms with Crippen LogP contribution in [0.1, 0.15) is 32.0 Å². The molecule has 2 N–H and O–H groups in total. The molecule has 0 aliphatic rings. The molecule has 0 unspecified atom stereocenters. The first-order valence-electron chi connectivity index (χ1n) is 9.53. The van der Waals surface area contributed by atoms with E-state index >= 15 is 0 Å². The quantitative estimate of drug-likeness (QED) is 0.214. The summed E-state index contributed by atoms with van der Waals surface area (Å²) < 4.78 is 2.12. The third kappa shape index (κ3) is 8.06. The second-order valence-corrected chi connectivity index (χ2v) is 6.67. The van der Waals surface area contributed by atoms with Gasteiger partial charge in [0.2, 0.25) is 0 Å². The van der Waals surface area contributed by atoms with Crippen LogP contribution in [0.5, 0.6) is 0 Å². The van der Waals surface area contributed by atoms with E-state index in [1.165, 1.54) is 0 Å². The van der Waals surface area contributed by atoms with Crippen molar-refractivity contribution in [3.8, 4) is 11.3 Å². The molecule has 1 aromatic heterocycles. The first-order valence-corrected chi connectivity index (χ1v) is 10.3. The predicted molar refractivity (Wildman–Crippen MR) is 134 cm³/mol. The SMILES string of the molecule is CC.CN=C([S-])N/N=C(C)/C(=N/NC([S-])=NC)c1cc(-c2ccccc2)n(C)c1C.[Cu+2]. The first-order chi connectivity index (χ1) is 14.4. The normalized spacial score (nSPS) is 12.5. The van der Waals surface area contributed by atoms with Crippen molar-refractivity contribution in [3.63, 3.8) is 0 Å². The summed E-state index contributed by atoms with van der Waals surface area (Å²) in [5, 5.41) is 9.34. The molecule has 0 saturated heterocycles. The Hall–Kier alpha value is -2.26. The maximum Gasteiger partial charge on any atom is 2.00 e. The van der Waals surface area contributed by atoms with Gasteiger partial charge in [-0.15, -0.1) is 0 Å². The number of nitrogens with zero attached hydrogens (tertiary/aromatic N) is 5. The zero-order valence-electron chi connectivity index (χ0n) is 18.8. The second kappa shape index (κ2) is 14.7. The summed E-state index contributed by atoms with van der Waals surface area (Å²) in [6.45, 7) is 7.87. The summed E-state index contributed by atoms with van der Waals surface area (Å²) in [6, 6.07) is 12.3. The van der Waals surface area contributed by atoms with Gasteiger partial charge in [0, 0.05) is 38.1 Å². The summed E-state index contributed by atoms with van der Waals surface area (Å²) in [5.74, 6) is 0. The smallest absolute Gasteiger partial charge is 0.741 e. The summed E-state index contributed by atoms with van der Waals surface area (Å²) in [5.41, 5.74) is 10.9. The average Bonchev–Trinajstić information content (AvgIpc) is 3.08. The van der Waals surface area contributed by atoms with Crippen LogP contribution in [0.25, 0.3) is 11.3 Å². The van der Waals surface area contributed by atoms with Crippen molar-refractivity contribution in [1.82, 2.24) is 15.4 Å². The Labute approximate surface area is 206 Å². The van der Waals surface area contributed by atoms with E-state index in [4.69, 9.17) is 25.3 Å². The molecular formula is C21H29CuN7S2. The fourth-order valence-corrected chi connectivity index (χ4v) is 2.64. The maximum absolute atomic E-state index is 5.09. The molecule has 0 fully saturated rings. The fourth-order valence-electron chi connectivity index (χ4n) is 2.55. The van der Waals surface area contributed by atoms with E-state index in [0.717, 1.165) is 22.5 Å². The number of hydrogen-bond donors (Lipinski definition) is 2. The van der Waals surface area contributed by atoms with Crippen molar-refractivity contribution < 1.29 is 17.1 Å². The van der Waals surface area contributed by atoms with Gasteiger partial charge in [0.25, 0.3) is 0 Å². The van der Waals surface area contributed by atoms with Gasteiger partial charge >= 0.3 is 17.1 Å². The molecule has 1 aromatic carbocycles. The minimum Gasteiger partial charge on any atom is -0.741 e. The number of hydrazone groups is 2. The first kappa shape index (κ1) is 28.7. The van der Waals surface area contributed by atoms with Crippen LogP contribution in [-0.4, -0.2) is 40.4 Å². The van der Waals surface area contributed by atoms with Crippen LogP contribution < -0.4 is 10.9 Å². The Balaban J connectivity index is 0.00000291. The standard InChI is InChI=1S/C19H25N7S2.C2H6.Cu/c1-12(22-24-18(27)20-3)17(23-25-19(28)21-4)15-11-16(26(5)13(15)2)14-9-7-6-8-10-14;1-2;/h6-11H,1-5H3,(H2,20,24,27)(H2,21,25,28);1-2H3;/q;;+2/p-2/b22-12+,23-17-;;. The van der Waals surface area contributed by atoms with Gasteiger partial charge < -0.3 is 29.8 Å². The number of aromatic nitrogens is 1. The molecule has 31 heavy (non-hydrogen) atoms. The zero-order valence-corrected chi connectivity index (χ0v) is 21.4. The van der Waals surface area contributed by atoms with E-state index in [9.17, 15) is 0 Å². The number of benzene rings is 1. The van der Waals surface area contributed by atoms with Crippen molar-refractivity contribution in [1.29, 1.82) is 0 Å². The topological polar surface area (TPSA) is 78.4 Å². The zero-order chi connectivity index (χ0) is 22.7. The summed E-state index contributed by atoms with van der Waals surface area (Å²) >= 11 is 10.1. The van der Waals surface area contributed by atoms with Gasteiger partial charge in [-0.2, -0.15) is 10.2 Å². The number of rotatable bonds is 5. The third-order valence-electron chi connectivity index (χ3n) is 4.19. The van der Waals surface area contributed by atoms with E-state index in [2.05, 4.69) is 53.8 Å². The van der Waals surface area contributed by atoms with Gasteiger partial charge in [0.15, 0.2) is 0 Å². The molecule has 0 amide bonds. The molecule has 2 rings (SSSR count). The maximum atomic E-state index is 5.09. The van der Waals surface area contributed by atoms with E-state index in [-0.39, 0.29) is 22.2 Å². The van der Waals surface area contributed by atoms with E-state index in [1.807, 2.05) is 52.9 Å². The van der Waals surface area contributed by atoms with Crippen LogP contribution in [0, 0.1) is 6.92 Å². The Morgan fingerprint density at radius 1 is 0.935 bits per heavy atom. The Bertz CT molecular complexity index is 948. The molecule has 0 spiro atoms. The molecule has 7 nitrogen and oxygen atoms in total. The van der Waals surface area contributed by atoms with E-state index < -0.39 is 0 Å². The van der Waals surface area contributed by atoms with Crippen molar-refractivity contribution in [3.05, 3.63) is 47.7 Å². The number of amidine groups is 2. The summed E-state index contributed by atoms with van der Waals surface area (Å²) in [6.07, 6.45) is 0. The average molecular weight is 507 g/mol. The van der Waals surface area contributed by atoms with Crippen LogP contribution >= 0.6 is 0 Å². The number of nitrogens with one attached hydrogen (secondary N) is 2. The van der Waals surface area contributed by atoms with Gasteiger partial charge in [-0.05, 0) is 35.8 Å². The van der Waals surface area contributed by atoms with Crippen molar-refractivity contribution in [2.24, 2.45) is 27.2 Å². The van der Waals surface area contributed by atoms with Crippen LogP contribution in [0.3, 0.4) is 0 Å². The number of hydrogen-bond acceptors (Lipinski definition) is 6. The second-order valence-electron chi connectivity index (χ2n) is 5.89. The van der Waals surface area contributed by atoms with Crippen LogP contribution in [-0.2, 0) is 49.4 Å². The molecule has 10 heteroatoms. The molecule has 0 bridgehead atoms. The Kier molecular flexibility index (Phi) is 13.6. The Morgan fingerprint density at radius 2 is 1.45 bits per heavy atom. The molecule has 1 radical (unpaired) electrons. The predicted octanol–water partition coefficient (Wildman–Crippen LogP) is 3.35. The molecule has 171 valence electrons. The van der Waals surface area contributed by atoms with Crippen LogP contribution in [0.15, 0.2) is 56.6 Å². The summed E-state index contributed by atoms with van der Waals surface area (Å²) in [7, 11) is 5.23. The van der Waals surface area contributed by atoms with Gasteiger partial charge in [0.1, 0.15) is 5.71 Å². The van der Waals surface area contributed by atoms with Crippen LogP contribution in [0.2, 0.25) is 0 Å². The third-order valence-corrected chi connectivity index (χ3v) is 4.74. The van der Waals surface area contributed by atoms with Gasteiger partial charge in [0.05, 0.1) is 5.71 Å². The largest absolute Gasteiger partial charge is 2.00 e. The molecule has 0 aliphatic carbocycles. The monoisotopic (exact) mass is 506 g/mol. The molecule has 0 atom stereocenters. The molecular weight excluding hydrogens is 478 g/mol. The van der Waals surface area contributed by atoms with E-state index in [0.29, 0.717) is 16.6 Å². The molecule has 1 heterocycles. The van der Waals surface area contributed by atoms with Gasteiger partial charge in [-0.25, -0.2) is 0 Å². The van der Waals surface area contributed by atoms with Gasteiger partial charge in [-0.1, -0.05) is 44.2 Å². The van der Waals surface area contributed by atoms with Crippen molar-refractivity contribution >= 4 is 47.0 Å². The fraction of sp³-hybridized carbons (Fsp3) is 0.333. The Morgan fingerprint density at radius 3 is 1.97 bits per heavy atom. The minimum absolute atomic E-state index is 0. The van der Waals surface area contributed by atoms with E-state index in [1.54, 1.807) is 14.1 Å². The van der Waals surface area contributed by atoms with Crippen molar-refractivity contribution in [2.75, 3.05) is 14.1 Å². The van der Waals surface area contributed by atoms with Gasteiger partial charge in [-0.3, -0.25) is 20.8 Å². The van der Waals surface area contributed by atoms with Crippen molar-refractivity contribution in [2.45, 2.75) is 27.7 Å². The minimum atomic E-state index is 0. The summed E-state index contributed by atoms with van der Waals surface area (Å²) in [4.78, 5) is 7.78. The molecule has 0 aliphatic heterocycles.